The lowest BCUT2D eigenvalue weighted by Crippen LogP contribution is -2.45. The number of likely N-dealkylation sites (N-methyl/N-ethyl adjacent to an activating group) is 1. The van der Waals surface area contributed by atoms with Crippen LogP contribution in [0.3, 0.4) is 0 Å². The van der Waals surface area contributed by atoms with Crippen molar-refractivity contribution in [3.8, 4) is 0 Å². The Labute approximate surface area is 210 Å². The molecule has 1 fully saturated rings. The summed E-state index contributed by atoms with van der Waals surface area (Å²) in [7, 11) is 1.57. The van der Waals surface area contributed by atoms with Gasteiger partial charge in [-0.2, -0.15) is 0 Å². The summed E-state index contributed by atoms with van der Waals surface area (Å²) in [5.74, 6) is -1.52. The highest BCUT2D eigenvalue weighted by molar-refractivity contribution is 6.25. The molecule has 2 heterocycles. The first-order chi connectivity index (χ1) is 17.3. The SMILES string of the molecule is CCOC(=O)C1CCN(C(=O)CN(C)C(=O)CCCN2C(=O)c3cccc4cccc(c34)C2=O)CC1. The second kappa shape index (κ2) is 10.9. The molecule has 0 radical (unpaired) electrons. The number of rotatable bonds is 8. The van der Waals surface area contributed by atoms with Crippen LogP contribution < -0.4 is 0 Å². The van der Waals surface area contributed by atoms with Crippen LogP contribution in [-0.4, -0.2) is 84.1 Å². The van der Waals surface area contributed by atoms with Gasteiger partial charge in [0.05, 0.1) is 19.1 Å². The predicted molar refractivity (Wildman–Crippen MR) is 132 cm³/mol. The molecule has 2 aliphatic heterocycles. The summed E-state index contributed by atoms with van der Waals surface area (Å²) in [6.45, 7) is 3.09. The molecule has 2 aliphatic rings. The second-order valence-corrected chi connectivity index (χ2v) is 9.23. The van der Waals surface area contributed by atoms with Gasteiger partial charge in [-0.3, -0.25) is 28.9 Å². The number of likely N-dealkylation sites (tertiary alicyclic amines) is 1. The van der Waals surface area contributed by atoms with Crippen molar-refractivity contribution < 1.29 is 28.7 Å². The molecule has 0 saturated carbocycles. The molecule has 9 heteroatoms. The number of hydrogen-bond acceptors (Lipinski definition) is 6. The molecule has 190 valence electrons. The number of hydrogen-bond donors (Lipinski definition) is 0. The van der Waals surface area contributed by atoms with Crippen molar-refractivity contribution in [3.05, 3.63) is 47.5 Å². The lowest BCUT2D eigenvalue weighted by atomic mass is 9.94. The van der Waals surface area contributed by atoms with Crippen molar-refractivity contribution in [3.63, 3.8) is 0 Å². The minimum absolute atomic E-state index is 0.0557. The van der Waals surface area contributed by atoms with Crippen LogP contribution in [0.5, 0.6) is 0 Å². The molecule has 0 N–H and O–H groups in total. The van der Waals surface area contributed by atoms with Gasteiger partial charge in [0.25, 0.3) is 11.8 Å². The maximum Gasteiger partial charge on any atom is 0.309 e. The summed E-state index contributed by atoms with van der Waals surface area (Å²) in [5.41, 5.74) is 0.979. The molecule has 0 atom stereocenters. The van der Waals surface area contributed by atoms with Crippen molar-refractivity contribution >= 4 is 40.4 Å². The van der Waals surface area contributed by atoms with E-state index >= 15 is 0 Å². The number of benzene rings is 2. The minimum atomic E-state index is -0.355. The average molecular weight is 494 g/mol. The van der Waals surface area contributed by atoms with Crippen molar-refractivity contribution in [1.29, 1.82) is 0 Å². The Morgan fingerprint density at radius 2 is 1.61 bits per heavy atom. The molecular formula is C27H31N3O6. The fraction of sp³-hybridized carbons (Fsp3) is 0.444. The summed E-state index contributed by atoms with van der Waals surface area (Å²) in [4.78, 5) is 67.4. The molecule has 1 saturated heterocycles. The fourth-order valence-corrected chi connectivity index (χ4v) is 4.88. The number of carbonyl (C=O) groups excluding carboxylic acids is 5. The third-order valence-electron chi connectivity index (χ3n) is 6.89. The lowest BCUT2D eigenvalue weighted by Gasteiger charge is -2.32. The zero-order valence-corrected chi connectivity index (χ0v) is 20.7. The first-order valence-electron chi connectivity index (χ1n) is 12.4. The van der Waals surface area contributed by atoms with E-state index in [4.69, 9.17) is 4.74 Å². The minimum Gasteiger partial charge on any atom is -0.466 e. The van der Waals surface area contributed by atoms with Gasteiger partial charge in [-0.15, -0.1) is 0 Å². The van der Waals surface area contributed by atoms with E-state index in [0.717, 1.165) is 5.39 Å². The van der Waals surface area contributed by atoms with Crippen molar-refractivity contribution in [2.24, 2.45) is 5.92 Å². The number of ether oxygens (including phenoxy) is 1. The van der Waals surface area contributed by atoms with Crippen LogP contribution >= 0.6 is 0 Å². The van der Waals surface area contributed by atoms with E-state index in [1.807, 2.05) is 12.1 Å². The van der Waals surface area contributed by atoms with Crippen LogP contribution in [0.2, 0.25) is 0 Å². The van der Waals surface area contributed by atoms with E-state index in [1.165, 1.54) is 9.80 Å². The third kappa shape index (κ3) is 5.10. The van der Waals surface area contributed by atoms with Gasteiger partial charge in [-0.1, -0.05) is 24.3 Å². The number of piperidine rings is 1. The Kier molecular flexibility index (Phi) is 7.67. The van der Waals surface area contributed by atoms with Crippen molar-refractivity contribution in [2.45, 2.75) is 32.6 Å². The van der Waals surface area contributed by atoms with Crippen LogP contribution in [0.4, 0.5) is 0 Å². The van der Waals surface area contributed by atoms with E-state index in [0.29, 0.717) is 55.5 Å². The van der Waals surface area contributed by atoms with Crippen molar-refractivity contribution in [2.75, 3.05) is 39.8 Å². The molecule has 4 amide bonds. The first-order valence-corrected chi connectivity index (χ1v) is 12.4. The molecule has 0 unspecified atom stereocenters. The molecule has 2 aromatic carbocycles. The van der Waals surface area contributed by atoms with Gasteiger partial charge in [0.15, 0.2) is 0 Å². The number of nitrogens with zero attached hydrogens (tertiary/aromatic N) is 3. The van der Waals surface area contributed by atoms with Crippen LogP contribution in [0.15, 0.2) is 36.4 Å². The quantitative estimate of drug-likeness (QED) is 0.413. The average Bonchev–Trinajstić information content (AvgIpc) is 2.89. The summed E-state index contributed by atoms with van der Waals surface area (Å²) in [5, 5.41) is 1.52. The highest BCUT2D eigenvalue weighted by atomic mass is 16.5. The summed E-state index contributed by atoms with van der Waals surface area (Å²) in [6, 6.07) is 10.8. The summed E-state index contributed by atoms with van der Waals surface area (Å²) >= 11 is 0. The predicted octanol–water partition coefficient (Wildman–Crippen LogP) is 2.48. The Morgan fingerprint density at radius 1 is 1.00 bits per heavy atom. The molecule has 0 bridgehead atoms. The number of amides is 4. The summed E-state index contributed by atoms with van der Waals surface area (Å²) < 4.78 is 5.06. The number of carbonyl (C=O) groups is 5. The van der Waals surface area contributed by atoms with E-state index < -0.39 is 0 Å². The zero-order valence-electron chi connectivity index (χ0n) is 20.7. The van der Waals surface area contributed by atoms with Gasteiger partial charge < -0.3 is 14.5 Å². The Bertz CT molecular complexity index is 1150. The van der Waals surface area contributed by atoms with Crippen LogP contribution in [-0.2, 0) is 19.1 Å². The largest absolute Gasteiger partial charge is 0.466 e. The zero-order chi connectivity index (χ0) is 25.8. The molecular weight excluding hydrogens is 462 g/mol. The maximum absolute atomic E-state index is 13.0. The number of esters is 1. The van der Waals surface area contributed by atoms with E-state index in [9.17, 15) is 24.0 Å². The molecule has 2 aromatic rings. The fourth-order valence-electron chi connectivity index (χ4n) is 4.88. The van der Waals surface area contributed by atoms with E-state index in [1.54, 1.807) is 43.1 Å². The Morgan fingerprint density at radius 3 is 2.19 bits per heavy atom. The maximum atomic E-state index is 13.0. The van der Waals surface area contributed by atoms with Gasteiger partial charge in [0.1, 0.15) is 0 Å². The standard InChI is InChI=1S/C27H31N3O6/c1-3-36-27(35)19-12-15-29(16-13-19)23(32)17-28(2)22(31)11-6-14-30-25(33)20-9-4-7-18-8-5-10-21(24(18)20)26(30)34/h4-5,7-10,19H,3,6,11-17H2,1-2H3. The van der Waals surface area contributed by atoms with Gasteiger partial charge in [-0.05, 0) is 43.7 Å². The van der Waals surface area contributed by atoms with Gasteiger partial charge in [0, 0.05) is 49.6 Å². The third-order valence-corrected chi connectivity index (χ3v) is 6.89. The first kappa shape index (κ1) is 25.3. The van der Waals surface area contributed by atoms with Gasteiger partial charge in [-0.25, -0.2) is 0 Å². The highest BCUT2D eigenvalue weighted by Crippen LogP contribution is 2.30. The second-order valence-electron chi connectivity index (χ2n) is 9.23. The monoisotopic (exact) mass is 493 g/mol. The van der Waals surface area contributed by atoms with Gasteiger partial charge >= 0.3 is 5.97 Å². The van der Waals surface area contributed by atoms with Crippen molar-refractivity contribution in [1.82, 2.24) is 14.7 Å². The smallest absolute Gasteiger partial charge is 0.309 e. The van der Waals surface area contributed by atoms with Gasteiger partial charge in [0.2, 0.25) is 11.8 Å². The molecule has 9 nitrogen and oxygen atoms in total. The van der Waals surface area contributed by atoms with Crippen LogP contribution in [0.1, 0.15) is 53.3 Å². The highest BCUT2D eigenvalue weighted by Gasteiger charge is 2.33. The summed E-state index contributed by atoms with van der Waals surface area (Å²) in [6.07, 6.45) is 1.52. The van der Waals surface area contributed by atoms with E-state index in [2.05, 4.69) is 0 Å². The molecule has 0 spiro atoms. The normalized spacial score (nSPS) is 15.8. The molecule has 0 aromatic heterocycles. The molecule has 36 heavy (non-hydrogen) atoms. The Hall–Kier alpha value is -3.75. The molecule has 4 rings (SSSR count). The topological polar surface area (TPSA) is 104 Å². The number of imide groups is 1. The lowest BCUT2D eigenvalue weighted by molar-refractivity contribution is -0.151. The Balaban J connectivity index is 1.26. The van der Waals surface area contributed by atoms with Crippen LogP contribution in [0, 0.1) is 5.92 Å². The van der Waals surface area contributed by atoms with Crippen LogP contribution in [0.25, 0.3) is 10.8 Å². The van der Waals surface area contributed by atoms with E-state index in [-0.39, 0.29) is 55.0 Å². The molecule has 0 aliphatic carbocycles.